The van der Waals surface area contributed by atoms with E-state index in [-0.39, 0.29) is 22.6 Å². The second-order valence-electron chi connectivity index (χ2n) is 5.54. The number of anilines is 1. The Morgan fingerprint density at radius 3 is 2.64 bits per heavy atom. The molecule has 2 heterocycles. The number of hydrogen-bond acceptors (Lipinski definition) is 6. The zero-order valence-corrected chi connectivity index (χ0v) is 15.5. The van der Waals surface area contributed by atoms with Crippen LogP contribution in [0.25, 0.3) is 0 Å². The van der Waals surface area contributed by atoms with E-state index >= 15 is 0 Å². The zero-order valence-electron chi connectivity index (χ0n) is 14.7. The summed E-state index contributed by atoms with van der Waals surface area (Å²) in [5.74, 6) is -2.23. The Bertz CT molecular complexity index is 983. The minimum absolute atomic E-state index is 0.00951. The number of thioether (sulfide) groups is 1. The van der Waals surface area contributed by atoms with E-state index < -0.39 is 23.4 Å². The van der Waals surface area contributed by atoms with Crippen molar-refractivity contribution in [3.63, 3.8) is 0 Å². The third-order valence-corrected chi connectivity index (χ3v) is 4.53. The molecule has 0 unspecified atom stereocenters. The molecule has 142 valence electrons. The maximum atomic E-state index is 12.3. The van der Waals surface area contributed by atoms with Gasteiger partial charge in [0.1, 0.15) is 0 Å². The number of hydrogen-bond donors (Lipinski definition) is 2. The summed E-state index contributed by atoms with van der Waals surface area (Å²) in [4.78, 5) is 45.3. The maximum absolute atomic E-state index is 12.3. The molecule has 9 nitrogen and oxygen atoms in total. The number of carbonyl (C=O) groups is 3. The van der Waals surface area contributed by atoms with Gasteiger partial charge < -0.3 is 9.32 Å². The average molecular weight is 397 g/mol. The van der Waals surface area contributed by atoms with Crippen molar-refractivity contribution in [3.8, 4) is 0 Å². The van der Waals surface area contributed by atoms with E-state index in [9.17, 15) is 14.4 Å². The van der Waals surface area contributed by atoms with Gasteiger partial charge in [-0.05, 0) is 24.3 Å². The number of nitrogens with zero attached hydrogens (tertiary/aromatic N) is 3. The third kappa shape index (κ3) is 4.41. The monoisotopic (exact) mass is 397 g/mol. The Morgan fingerprint density at radius 2 is 2.00 bits per heavy atom. The lowest BCUT2D eigenvalue weighted by Crippen LogP contribution is -2.44. The van der Waals surface area contributed by atoms with Crippen LogP contribution in [0.4, 0.5) is 5.69 Å². The van der Waals surface area contributed by atoms with Gasteiger partial charge in [0, 0.05) is 12.7 Å². The lowest BCUT2D eigenvalue weighted by atomic mass is 10.3. The third-order valence-electron chi connectivity index (χ3n) is 3.67. The van der Waals surface area contributed by atoms with E-state index in [4.69, 9.17) is 9.83 Å². The molecule has 2 aromatic rings. The molecule has 0 bridgehead atoms. The topological polar surface area (TPSA) is 128 Å². The fourth-order valence-corrected chi connectivity index (χ4v) is 2.97. The van der Waals surface area contributed by atoms with Gasteiger partial charge >= 0.3 is 5.91 Å². The van der Waals surface area contributed by atoms with Gasteiger partial charge in [-0.3, -0.25) is 25.1 Å². The largest absolute Gasteiger partial charge is 0.459 e. The van der Waals surface area contributed by atoms with Crippen molar-refractivity contribution in [3.05, 3.63) is 54.5 Å². The van der Waals surface area contributed by atoms with Crippen LogP contribution in [0.5, 0.6) is 0 Å². The molecule has 3 amide bonds. The van der Waals surface area contributed by atoms with Crippen LogP contribution in [0.2, 0.25) is 0 Å². The molecule has 0 fully saturated rings. The zero-order chi connectivity index (χ0) is 20.1. The number of nitrogens with one attached hydrogen (secondary N) is 2. The van der Waals surface area contributed by atoms with Crippen LogP contribution in [-0.2, 0) is 9.59 Å². The Labute approximate surface area is 164 Å². The molecule has 0 saturated carbocycles. The van der Waals surface area contributed by atoms with Gasteiger partial charge in [-0.1, -0.05) is 30.0 Å². The van der Waals surface area contributed by atoms with Crippen LogP contribution in [0.3, 0.4) is 0 Å². The van der Waals surface area contributed by atoms with Crippen molar-refractivity contribution in [1.29, 1.82) is 5.41 Å². The molecule has 0 atom stereocenters. The normalized spacial score (nSPS) is 15.2. The second-order valence-corrected chi connectivity index (χ2v) is 6.50. The summed E-state index contributed by atoms with van der Waals surface area (Å²) in [7, 11) is 1.65. The summed E-state index contributed by atoms with van der Waals surface area (Å²) in [6.45, 7) is 0. The summed E-state index contributed by atoms with van der Waals surface area (Å²) >= 11 is 0.982. The van der Waals surface area contributed by atoms with Crippen molar-refractivity contribution in [1.82, 2.24) is 5.32 Å². The number of para-hydroxylation sites is 1. The summed E-state index contributed by atoms with van der Waals surface area (Å²) in [5.41, 5.74) is 0.319. The molecule has 2 N–H and O–H groups in total. The first-order valence-corrected chi connectivity index (χ1v) is 9.04. The highest BCUT2D eigenvalue weighted by atomic mass is 32.2. The molecular weight excluding hydrogens is 382 g/mol. The Hall–Kier alpha value is -3.53. The molecule has 0 radical (unpaired) electrons. The first-order chi connectivity index (χ1) is 13.5. The molecule has 0 spiro atoms. The lowest BCUT2D eigenvalue weighted by Gasteiger charge is -2.18. The predicted molar refractivity (Wildman–Crippen MR) is 106 cm³/mol. The van der Waals surface area contributed by atoms with Gasteiger partial charge in [0.15, 0.2) is 22.5 Å². The average Bonchev–Trinajstić information content (AvgIpc) is 3.24. The van der Waals surface area contributed by atoms with Gasteiger partial charge in [0.05, 0.1) is 12.0 Å². The van der Waals surface area contributed by atoms with Gasteiger partial charge in [0.2, 0.25) is 5.91 Å². The first-order valence-electron chi connectivity index (χ1n) is 8.05. The molecule has 0 saturated heterocycles. The lowest BCUT2D eigenvalue weighted by molar-refractivity contribution is -0.116. The second kappa shape index (κ2) is 8.44. The quantitative estimate of drug-likeness (QED) is 0.812. The Kier molecular flexibility index (Phi) is 5.80. The summed E-state index contributed by atoms with van der Waals surface area (Å²) in [6.07, 6.45) is 1.30. The smallest absolute Gasteiger partial charge is 0.313 e. The fourth-order valence-electron chi connectivity index (χ4n) is 2.20. The van der Waals surface area contributed by atoms with Gasteiger partial charge in [-0.2, -0.15) is 4.99 Å². The number of aliphatic imine (C=N–C) groups is 2. The van der Waals surface area contributed by atoms with Crippen LogP contribution in [0, 0.1) is 5.41 Å². The number of amides is 3. The highest BCUT2D eigenvalue weighted by Gasteiger charge is 2.27. The number of carbonyl (C=O) groups excluding carboxylic acids is 3. The highest BCUT2D eigenvalue weighted by molar-refractivity contribution is 8.14. The minimum Gasteiger partial charge on any atom is -0.459 e. The fraction of sp³-hybridized carbons (Fsp3) is 0.111. The van der Waals surface area contributed by atoms with Crippen LogP contribution in [0.15, 0.2) is 63.1 Å². The van der Waals surface area contributed by atoms with Crippen LogP contribution < -0.4 is 10.2 Å². The van der Waals surface area contributed by atoms with E-state index in [1.165, 1.54) is 23.3 Å². The first kappa shape index (κ1) is 19.2. The van der Waals surface area contributed by atoms with E-state index in [0.29, 0.717) is 0 Å². The molecule has 1 aliphatic heterocycles. The molecule has 3 rings (SSSR count). The van der Waals surface area contributed by atoms with E-state index in [2.05, 4.69) is 15.3 Å². The summed E-state index contributed by atoms with van der Waals surface area (Å²) in [6, 6.07) is 12.0. The predicted octanol–water partition coefficient (Wildman–Crippen LogP) is 1.72. The molecule has 0 aliphatic carbocycles. The van der Waals surface area contributed by atoms with Gasteiger partial charge in [-0.25, -0.2) is 4.99 Å². The van der Waals surface area contributed by atoms with Crippen LogP contribution in [0.1, 0.15) is 10.6 Å². The Balaban J connectivity index is 1.64. The number of furan rings is 1. The maximum Gasteiger partial charge on any atom is 0.313 e. The van der Waals surface area contributed by atoms with E-state index in [0.717, 1.165) is 17.4 Å². The molecule has 1 aromatic carbocycles. The van der Waals surface area contributed by atoms with Gasteiger partial charge in [-0.15, -0.1) is 0 Å². The summed E-state index contributed by atoms with van der Waals surface area (Å²) < 4.78 is 4.91. The molecule has 10 heteroatoms. The van der Waals surface area contributed by atoms with Crippen LogP contribution >= 0.6 is 11.8 Å². The van der Waals surface area contributed by atoms with Crippen LogP contribution in [-0.4, -0.2) is 47.2 Å². The van der Waals surface area contributed by atoms with Crippen molar-refractivity contribution < 1.29 is 18.8 Å². The number of rotatable bonds is 4. The molecular formula is C18H15N5O4S. The van der Waals surface area contributed by atoms with Crippen molar-refractivity contribution in [2.24, 2.45) is 9.98 Å². The standard InChI is InChI=1S/C18H15N5O4S/c1-23(11-6-3-2-4-7-11)13(24)10-28-18-21-15(19)14(17(26)22-18)20-16(25)12-8-5-9-27-12/h2-9H,10H2,1H3,(H2,19,21,22,26). The van der Waals surface area contributed by atoms with E-state index in [1.54, 1.807) is 19.2 Å². The van der Waals surface area contributed by atoms with Gasteiger partial charge in [0.25, 0.3) is 5.91 Å². The van der Waals surface area contributed by atoms with Crippen molar-refractivity contribution in [2.45, 2.75) is 0 Å². The summed E-state index contributed by atoms with van der Waals surface area (Å²) in [5, 5.41) is 10.4. The Morgan fingerprint density at radius 1 is 1.25 bits per heavy atom. The minimum atomic E-state index is -0.786. The highest BCUT2D eigenvalue weighted by Crippen LogP contribution is 2.14. The molecule has 1 aliphatic rings. The van der Waals surface area contributed by atoms with Crippen molar-refractivity contribution in [2.75, 3.05) is 17.7 Å². The van der Waals surface area contributed by atoms with Crippen molar-refractivity contribution >= 4 is 51.9 Å². The molecule has 1 aromatic heterocycles. The number of amidine groups is 2. The van der Waals surface area contributed by atoms with E-state index in [1.807, 2.05) is 18.2 Å². The molecule has 28 heavy (non-hydrogen) atoms. The number of benzene rings is 1. The SMILES string of the molecule is CN(C(=O)CSC1=NC(=N)C(=NC(=O)c2ccco2)C(=O)N1)c1ccccc1.